The highest BCUT2D eigenvalue weighted by Gasteiger charge is 2.34. The topological polar surface area (TPSA) is 56.7 Å². The predicted octanol–water partition coefficient (Wildman–Crippen LogP) is 5.45. The van der Waals surface area contributed by atoms with Crippen molar-refractivity contribution < 1.29 is 14.3 Å². The standard InChI is InChI=1S/C24H19ClFN3O2S/c1-3-20(31)28(2)14-11-29(12-14)24-18-10-19(25)21(22(26)23(18)27-32-24)17-9-15(30)8-13-6-4-5-7-16(13)17/h3-10,14,30H,1,11-12H2,2H3. The molecule has 5 nitrogen and oxygen atoms in total. The summed E-state index contributed by atoms with van der Waals surface area (Å²) in [6.45, 7) is 4.79. The molecule has 3 aromatic carbocycles. The van der Waals surface area contributed by atoms with Crippen molar-refractivity contribution >= 4 is 55.7 Å². The number of amides is 1. The van der Waals surface area contributed by atoms with E-state index < -0.39 is 5.82 Å². The van der Waals surface area contributed by atoms with Crippen molar-refractivity contribution in [2.24, 2.45) is 0 Å². The average molecular weight is 468 g/mol. The summed E-state index contributed by atoms with van der Waals surface area (Å²) in [4.78, 5) is 15.5. The van der Waals surface area contributed by atoms with E-state index in [4.69, 9.17) is 11.6 Å². The van der Waals surface area contributed by atoms with E-state index in [2.05, 4.69) is 15.9 Å². The molecule has 1 amide bonds. The van der Waals surface area contributed by atoms with Crippen LogP contribution < -0.4 is 4.90 Å². The van der Waals surface area contributed by atoms with Gasteiger partial charge in [0, 0.05) is 31.1 Å². The molecule has 0 bridgehead atoms. The normalized spacial score (nSPS) is 14.0. The third-order valence-electron chi connectivity index (χ3n) is 5.98. The SMILES string of the molecule is C=CC(=O)N(C)C1CN(c2snc3c(F)c(-c4cc(O)cc5ccccc45)c(Cl)cc23)C1. The molecule has 0 spiro atoms. The molecule has 32 heavy (non-hydrogen) atoms. The Labute approximate surface area is 193 Å². The van der Waals surface area contributed by atoms with E-state index in [0.717, 1.165) is 15.8 Å². The van der Waals surface area contributed by atoms with Crippen LogP contribution in [0.25, 0.3) is 32.8 Å². The van der Waals surface area contributed by atoms with E-state index in [0.29, 0.717) is 24.0 Å². The molecule has 1 aromatic heterocycles. The Hall–Kier alpha value is -3.16. The lowest BCUT2D eigenvalue weighted by atomic mass is 9.96. The zero-order chi connectivity index (χ0) is 22.6. The second kappa shape index (κ2) is 7.76. The molecule has 8 heteroatoms. The molecule has 1 fully saturated rings. The molecule has 0 saturated carbocycles. The van der Waals surface area contributed by atoms with E-state index in [1.807, 2.05) is 24.3 Å². The van der Waals surface area contributed by atoms with E-state index in [-0.39, 0.29) is 33.8 Å². The molecule has 0 unspecified atom stereocenters. The number of rotatable bonds is 4. The van der Waals surface area contributed by atoms with Crippen LogP contribution in [0.15, 0.2) is 55.1 Å². The van der Waals surface area contributed by atoms with Crippen molar-refractivity contribution in [1.29, 1.82) is 0 Å². The van der Waals surface area contributed by atoms with Crippen molar-refractivity contribution in [3.05, 3.63) is 66.0 Å². The summed E-state index contributed by atoms with van der Waals surface area (Å²) >= 11 is 7.82. The quantitative estimate of drug-likeness (QED) is 0.405. The first kappa shape index (κ1) is 20.7. The van der Waals surface area contributed by atoms with Gasteiger partial charge in [-0.3, -0.25) is 4.79 Å². The smallest absolute Gasteiger partial charge is 0.246 e. The highest BCUT2D eigenvalue weighted by atomic mass is 35.5. The summed E-state index contributed by atoms with van der Waals surface area (Å²) in [5.41, 5.74) is 0.991. The van der Waals surface area contributed by atoms with Crippen LogP contribution in [-0.4, -0.2) is 46.5 Å². The molecular weight excluding hydrogens is 449 g/mol. The van der Waals surface area contributed by atoms with Gasteiger partial charge < -0.3 is 14.9 Å². The van der Waals surface area contributed by atoms with E-state index in [9.17, 15) is 9.90 Å². The van der Waals surface area contributed by atoms with Gasteiger partial charge in [-0.15, -0.1) is 0 Å². The van der Waals surface area contributed by atoms with Gasteiger partial charge in [-0.05, 0) is 52.1 Å². The van der Waals surface area contributed by atoms with Gasteiger partial charge in [-0.25, -0.2) is 4.39 Å². The van der Waals surface area contributed by atoms with Crippen LogP contribution >= 0.6 is 23.1 Å². The maximum absolute atomic E-state index is 15.7. The van der Waals surface area contributed by atoms with Gasteiger partial charge in [0.2, 0.25) is 5.91 Å². The molecule has 4 aromatic rings. The van der Waals surface area contributed by atoms with Crippen LogP contribution in [0.1, 0.15) is 0 Å². The van der Waals surface area contributed by atoms with Crippen molar-refractivity contribution in [1.82, 2.24) is 9.27 Å². The van der Waals surface area contributed by atoms with Crippen LogP contribution in [0.3, 0.4) is 0 Å². The predicted molar refractivity (Wildman–Crippen MR) is 128 cm³/mol. The van der Waals surface area contributed by atoms with Crippen molar-refractivity contribution in [3.63, 3.8) is 0 Å². The Balaban J connectivity index is 1.56. The number of aromatic hydroxyl groups is 1. The summed E-state index contributed by atoms with van der Waals surface area (Å²) in [6.07, 6.45) is 1.30. The van der Waals surface area contributed by atoms with Gasteiger partial charge in [-0.2, -0.15) is 4.37 Å². The van der Waals surface area contributed by atoms with Crippen LogP contribution in [0.2, 0.25) is 5.02 Å². The van der Waals surface area contributed by atoms with E-state index in [1.165, 1.54) is 23.7 Å². The molecule has 162 valence electrons. The molecule has 1 aliphatic rings. The van der Waals surface area contributed by atoms with Crippen molar-refractivity contribution in [3.8, 4) is 16.9 Å². The second-order valence-electron chi connectivity index (χ2n) is 7.86. The Morgan fingerprint density at radius 3 is 2.81 bits per heavy atom. The zero-order valence-corrected chi connectivity index (χ0v) is 18.8. The van der Waals surface area contributed by atoms with E-state index in [1.54, 1.807) is 24.1 Å². The maximum atomic E-state index is 15.7. The van der Waals surface area contributed by atoms with Gasteiger partial charge in [0.05, 0.1) is 11.1 Å². The summed E-state index contributed by atoms with van der Waals surface area (Å²) in [5, 5.41) is 13.5. The highest BCUT2D eigenvalue weighted by molar-refractivity contribution is 7.11. The average Bonchev–Trinajstić information content (AvgIpc) is 3.15. The number of anilines is 1. The first-order chi connectivity index (χ1) is 15.4. The maximum Gasteiger partial charge on any atom is 0.246 e. The largest absolute Gasteiger partial charge is 0.508 e. The van der Waals surface area contributed by atoms with Crippen LogP contribution in [-0.2, 0) is 4.79 Å². The Morgan fingerprint density at radius 2 is 2.06 bits per heavy atom. The minimum atomic E-state index is -0.512. The lowest BCUT2D eigenvalue weighted by Crippen LogP contribution is -2.59. The molecule has 0 aliphatic carbocycles. The second-order valence-corrected chi connectivity index (χ2v) is 9.02. The number of carbonyl (C=O) groups excluding carboxylic acids is 1. The summed E-state index contributed by atoms with van der Waals surface area (Å²) in [5.74, 6) is -0.597. The number of nitrogens with zero attached hydrogens (tertiary/aromatic N) is 3. The Bertz CT molecular complexity index is 1400. The lowest BCUT2D eigenvalue weighted by molar-refractivity contribution is -0.127. The molecule has 1 N–H and O–H groups in total. The van der Waals surface area contributed by atoms with E-state index >= 15 is 4.39 Å². The number of phenols is 1. The first-order valence-corrected chi connectivity index (χ1v) is 11.2. The fraction of sp³-hybridized carbons (Fsp3) is 0.167. The number of benzene rings is 3. The number of aromatic nitrogens is 1. The number of hydrogen-bond donors (Lipinski definition) is 1. The fourth-order valence-electron chi connectivity index (χ4n) is 4.17. The molecule has 0 atom stereocenters. The summed E-state index contributed by atoms with van der Waals surface area (Å²) in [7, 11) is 1.75. The third kappa shape index (κ3) is 3.20. The Morgan fingerprint density at radius 1 is 1.31 bits per heavy atom. The molecule has 0 radical (unpaired) electrons. The number of likely N-dealkylation sites (N-methyl/N-ethyl adjacent to an activating group) is 1. The zero-order valence-electron chi connectivity index (χ0n) is 17.2. The molecule has 2 heterocycles. The highest BCUT2D eigenvalue weighted by Crippen LogP contribution is 2.44. The van der Waals surface area contributed by atoms with Gasteiger partial charge in [0.1, 0.15) is 16.3 Å². The third-order valence-corrected chi connectivity index (χ3v) is 7.20. The number of phenolic OH excluding ortho intramolecular Hbond substituents is 1. The number of fused-ring (bicyclic) bond motifs is 2. The van der Waals surface area contributed by atoms with Crippen LogP contribution in [0.5, 0.6) is 5.75 Å². The Kier molecular flexibility index (Phi) is 5.03. The number of halogens is 2. The minimum Gasteiger partial charge on any atom is -0.508 e. The fourth-order valence-corrected chi connectivity index (χ4v) is 5.33. The van der Waals surface area contributed by atoms with Gasteiger partial charge in [0.25, 0.3) is 0 Å². The molecular formula is C24H19ClFN3O2S. The lowest BCUT2D eigenvalue weighted by Gasteiger charge is -2.44. The summed E-state index contributed by atoms with van der Waals surface area (Å²) < 4.78 is 20.1. The minimum absolute atomic E-state index is 0.0399. The van der Waals surface area contributed by atoms with Crippen molar-refractivity contribution in [2.45, 2.75) is 6.04 Å². The monoisotopic (exact) mass is 467 g/mol. The number of carbonyl (C=O) groups is 1. The molecule has 1 aliphatic heterocycles. The van der Waals surface area contributed by atoms with Gasteiger partial charge in [0.15, 0.2) is 5.82 Å². The number of hydrogen-bond acceptors (Lipinski definition) is 5. The van der Waals surface area contributed by atoms with Crippen LogP contribution in [0.4, 0.5) is 9.39 Å². The van der Waals surface area contributed by atoms with Crippen LogP contribution in [0, 0.1) is 5.82 Å². The van der Waals surface area contributed by atoms with Gasteiger partial charge in [-0.1, -0.05) is 42.4 Å². The first-order valence-electron chi connectivity index (χ1n) is 10.0. The van der Waals surface area contributed by atoms with Crippen molar-refractivity contribution in [2.75, 3.05) is 25.0 Å². The van der Waals surface area contributed by atoms with Gasteiger partial charge >= 0.3 is 0 Å². The molecule has 5 rings (SSSR count). The molecule has 1 saturated heterocycles. The summed E-state index contributed by atoms with van der Waals surface area (Å²) in [6, 6.07) is 12.4.